The lowest BCUT2D eigenvalue weighted by Crippen LogP contribution is -2.21. The van der Waals surface area contributed by atoms with E-state index in [9.17, 15) is 9.59 Å². The molecule has 0 aliphatic carbocycles. The number of anilines is 2. The zero-order valence-electron chi connectivity index (χ0n) is 13.9. The lowest BCUT2D eigenvalue weighted by atomic mass is 10.2. The number of carbonyl (C=O) groups excluding carboxylic acids is 2. The lowest BCUT2D eigenvalue weighted by molar-refractivity contribution is -0.115. The normalized spacial score (nSPS) is 11.0. The fourth-order valence-electron chi connectivity index (χ4n) is 1.93. The molecule has 24 heavy (non-hydrogen) atoms. The smallest absolute Gasteiger partial charge is 0.307 e. The Hall–Kier alpha value is -3.09. The van der Waals surface area contributed by atoms with Gasteiger partial charge in [-0.1, -0.05) is 0 Å². The minimum absolute atomic E-state index is 0.0772. The van der Waals surface area contributed by atoms with Gasteiger partial charge in [-0.05, 0) is 43.3 Å². The van der Waals surface area contributed by atoms with Crippen LogP contribution in [-0.4, -0.2) is 31.6 Å². The number of nitrogens with one attached hydrogen (secondary N) is 2. The highest BCUT2D eigenvalue weighted by molar-refractivity contribution is 6.06. The molecule has 1 aromatic carbocycles. The first-order valence-corrected chi connectivity index (χ1v) is 7.40. The van der Waals surface area contributed by atoms with Crippen LogP contribution < -0.4 is 15.6 Å². The van der Waals surface area contributed by atoms with Crippen LogP contribution in [0.25, 0.3) is 0 Å². The van der Waals surface area contributed by atoms with Crippen LogP contribution in [0.15, 0.2) is 52.2 Å². The van der Waals surface area contributed by atoms with Gasteiger partial charge in [-0.2, -0.15) is 5.10 Å². The maximum Gasteiger partial charge on any atom is 0.307 e. The van der Waals surface area contributed by atoms with E-state index in [1.807, 2.05) is 43.3 Å². The van der Waals surface area contributed by atoms with Crippen LogP contribution in [-0.2, 0) is 4.79 Å². The standard InChI is InChI=1S/C17H20N4O3/c1-12(19-20-17(23)15-5-4-10-24-15)11-16(22)18-13-6-8-14(9-7-13)21(2)3/h4-10H,11H2,1-3H3,(H,18,22)(H,20,23). The average Bonchev–Trinajstić information content (AvgIpc) is 3.07. The van der Waals surface area contributed by atoms with Gasteiger partial charge in [0.15, 0.2) is 5.76 Å². The molecule has 0 aliphatic rings. The summed E-state index contributed by atoms with van der Waals surface area (Å²) in [6.45, 7) is 1.66. The molecule has 0 spiro atoms. The molecule has 2 amide bonds. The second-order valence-corrected chi connectivity index (χ2v) is 5.43. The Bertz CT molecular complexity index is 719. The third-order valence-electron chi connectivity index (χ3n) is 3.18. The monoisotopic (exact) mass is 328 g/mol. The average molecular weight is 328 g/mol. The summed E-state index contributed by atoms with van der Waals surface area (Å²) in [6.07, 6.45) is 1.48. The maximum atomic E-state index is 12.0. The molecule has 7 nitrogen and oxygen atoms in total. The second kappa shape index (κ2) is 7.96. The summed E-state index contributed by atoms with van der Waals surface area (Å²) >= 11 is 0. The summed E-state index contributed by atoms with van der Waals surface area (Å²) in [5.41, 5.74) is 4.58. The van der Waals surface area contributed by atoms with E-state index in [0.29, 0.717) is 11.4 Å². The summed E-state index contributed by atoms with van der Waals surface area (Å²) < 4.78 is 4.95. The van der Waals surface area contributed by atoms with Crippen molar-refractivity contribution in [1.82, 2.24) is 5.43 Å². The highest BCUT2D eigenvalue weighted by Gasteiger charge is 2.08. The van der Waals surface area contributed by atoms with Gasteiger partial charge in [0.1, 0.15) is 0 Å². The third kappa shape index (κ3) is 4.98. The molecule has 2 aromatic rings. The van der Waals surface area contributed by atoms with Gasteiger partial charge in [0.2, 0.25) is 5.91 Å². The van der Waals surface area contributed by atoms with E-state index in [4.69, 9.17) is 4.42 Å². The summed E-state index contributed by atoms with van der Waals surface area (Å²) in [6, 6.07) is 10.6. The van der Waals surface area contributed by atoms with Crippen LogP contribution in [0.2, 0.25) is 0 Å². The molecule has 0 atom stereocenters. The fraction of sp³-hybridized carbons (Fsp3) is 0.235. The second-order valence-electron chi connectivity index (χ2n) is 5.43. The van der Waals surface area contributed by atoms with Crippen LogP contribution in [0, 0.1) is 0 Å². The van der Waals surface area contributed by atoms with Gasteiger partial charge in [-0.25, -0.2) is 5.43 Å². The largest absolute Gasteiger partial charge is 0.459 e. The SMILES string of the molecule is CC(CC(=O)Nc1ccc(N(C)C)cc1)=NNC(=O)c1ccco1. The van der Waals surface area contributed by atoms with Gasteiger partial charge in [0, 0.05) is 31.2 Å². The van der Waals surface area contributed by atoms with E-state index in [1.54, 1.807) is 13.0 Å². The number of carbonyl (C=O) groups is 2. The van der Waals surface area contributed by atoms with E-state index < -0.39 is 5.91 Å². The number of amides is 2. The molecule has 0 saturated carbocycles. The van der Waals surface area contributed by atoms with Crippen LogP contribution in [0.5, 0.6) is 0 Å². The minimum atomic E-state index is -0.459. The Morgan fingerprint density at radius 2 is 1.88 bits per heavy atom. The predicted octanol–water partition coefficient (Wildman–Crippen LogP) is 2.48. The van der Waals surface area contributed by atoms with Crippen molar-refractivity contribution < 1.29 is 14.0 Å². The minimum Gasteiger partial charge on any atom is -0.459 e. The molecule has 1 heterocycles. The summed E-state index contributed by atoms with van der Waals surface area (Å²) in [5, 5.41) is 6.67. The van der Waals surface area contributed by atoms with Gasteiger partial charge < -0.3 is 14.6 Å². The van der Waals surface area contributed by atoms with Crippen molar-refractivity contribution >= 4 is 28.9 Å². The maximum absolute atomic E-state index is 12.0. The van der Waals surface area contributed by atoms with Crippen LogP contribution in [0.1, 0.15) is 23.9 Å². The molecular formula is C17H20N4O3. The van der Waals surface area contributed by atoms with Gasteiger partial charge in [0.05, 0.1) is 12.7 Å². The molecular weight excluding hydrogens is 308 g/mol. The van der Waals surface area contributed by atoms with Crippen LogP contribution in [0.4, 0.5) is 11.4 Å². The molecule has 0 aliphatic heterocycles. The first kappa shape index (κ1) is 17.3. The number of benzene rings is 1. The summed E-state index contributed by atoms with van der Waals surface area (Å²) in [7, 11) is 3.90. The van der Waals surface area contributed by atoms with Crippen LogP contribution >= 0.6 is 0 Å². The topological polar surface area (TPSA) is 86.9 Å². The highest BCUT2D eigenvalue weighted by atomic mass is 16.3. The molecule has 2 N–H and O–H groups in total. The van der Waals surface area contributed by atoms with Crippen molar-refractivity contribution in [2.24, 2.45) is 5.10 Å². The van der Waals surface area contributed by atoms with Gasteiger partial charge in [-0.15, -0.1) is 0 Å². The molecule has 2 rings (SSSR count). The predicted molar refractivity (Wildman–Crippen MR) is 93.3 cm³/mol. The zero-order valence-corrected chi connectivity index (χ0v) is 13.9. The number of hydrazone groups is 1. The van der Waals surface area contributed by atoms with Crippen molar-refractivity contribution in [2.75, 3.05) is 24.3 Å². The van der Waals surface area contributed by atoms with Crippen molar-refractivity contribution in [1.29, 1.82) is 0 Å². The number of hydrogen-bond acceptors (Lipinski definition) is 5. The Labute approximate surface area is 140 Å². The molecule has 7 heteroatoms. The molecule has 0 radical (unpaired) electrons. The van der Waals surface area contributed by atoms with Gasteiger partial charge >= 0.3 is 5.91 Å². The molecule has 1 aromatic heterocycles. The number of furan rings is 1. The zero-order chi connectivity index (χ0) is 17.5. The molecule has 126 valence electrons. The Balaban J connectivity index is 1.84. The molecule has 0 unspecified atom stereocenters. The Kier molecular flexibility index (Phi) is 5.73. The lowest BCUT2D eigenvalue weighted by Gasteiger charge is -2.13. The first-order valence-electron chi connectivity index (χ1n) is 7.40. The molecule has 0 bridgehead atoms. The first-order chi connectivity index (χ1) is 11.5. The fourth-order valence-corrected chi connectivity index (χ4v) is 1.93. The number of hydrogen-bond donors (Lipinski definition) is 2. The van der Waals surface area contributed by atoms with Crippen molar-refractivity contribution in [3.8, 4) is 0 Å². The van der Waals surface area contributed by atoms with Crippen molar-refractivity contribution in [3.63, 3.8) is 0 Å². The van der Waals surface area contributed by atoms with E-state index in [2.05, 4.69) is 15.8 Å². The number of nitrogens with zero attached hydrogens (tertiary/aromatic N) is 2. The van der Waals surface area contributed by atoms with Gasteiger partial charge in [0.25, 0.3) is 0 Å². The Morgan fingerprint density at radius 1 is 1.17 bits per heavy atom. The van der Waals surface area contributed by atoms with Crippen molar-refractivity contribution in [2.45, 2.75) is 13.3 Å². The van der Waals surface area contributed by atoms with E-state index in [1.165, 1.54) is 12.3 Å². The number of rotatable bonds is 6. The van der Waals surface area contributed by atoms with E-state index in [-0.39, 0.29) is 18.1 Å². The quantitative estimate of drug-likeness (QED) is 0.630. The van der Waals surface area contributed by atoms with E-state index in [0.717, 1.165) is 5.69 Å². The van der Waals surface area contributed by atoms with E-state index >= 15 is 0 Å². The summed E-state index contributed by atoms with van der Waals surface area (Å²) in [5.74, 6) is -0.503. The van der Waals surface area contributed by atoms with Crippen LogP contribution in [0.3, 0.4) is 0 Å². The Morgan fingerprint density at radius 3 is 2.46 bits per heavy atom. The molecule has 0 fully saturated rings. The van der Waals surface area contributed by atoms with Crippen molar-refractivity contribution in [3.05, 3.63) is 48.4 Å². The highest BCUT2D eigenvalue weighted by Crippen LogP contribution is 2.15. The molecule has 0 saturated heterocycles. The summed E-state index contributed by atoms with van der Waals surface area (Å²) in [4.78, 5) is 25.6. The van der Waals surface area contributed by atoms with Gasteiger partial charge in [-0.3, -0.25) is 9.59 Å². The third-order valence-corrected chi connectivity index (χ3v) is 3.18.